The highest BCUT2D eigenvalue weighted by molar-refractivity contribution is 6.30. The molecule has 5 aromatic rings. The molecule has 0 amide bonds. The molecule has 0 aliphatic heterocycles. The van der Waals surface area contributed by atoms with Crippen molar-refractivity contribution in [1.29, 1.82) is 0 Å². The Bertz CT molecular complexity index is 1250. The number of nitrogens with zero attached hydrogens (tertiary/aromatic N) is 4. The molecule has 0 unspecified atom stereocenters. The maximum Gasteiger partial charge on any atom is 0.252 e. The maximum atomic E-state index is 6.01. The SMILES string of the molecule is Clc1ccc(-c2ccnc3nc(CCCc4c[nH]c5ccccc45)nn23)cc1. The lowest BCUT2D eigenvalue weighted by molar-refractivity contribution is 0.768. The summed E-state index contributed by atoms with van der Waals surface area (Å²) in [5, 5.41) is 6.70. The van der Waals surface area contributed by atoms with E-state index in [2.05, 4.69) is 45.4 Å². The second-order valence-corrected chi connectivity index (χ2v) is 7.23. The molecule has 0 fully saturated rings. The summed E-state index contributed by atoms with van der Waals surface area (Å²) >= 11 is 6.01. The highest BCUT2D eigenvalue weighted by atomic mass is 35.5. The smallest absolute Gasteiger partial charge is 0.252 e. The van der Waals surface area contributed by atoms with E-state index in [9.17, 15) is 0 Å². The Labute approximate surface area is 167 Å². The van der Waals surface area contributed by atoms with Crippen molar-refractivity contribution in [2.75, 3.05) is 0 Å². The molecule has 2 aromatic carbocycles. The third-order valence-electron chi connectivity index (χ3n) is 4.95. The molecule has 0 radical (unpaired) electrons. The number of rotatable bonds is 5. The zero-order valence-corrected chi connectivity index (χ0v) is 15.9. The summed E-state index contributed by atoms with van der Waals surface area (Å²) in [5.41, 5.74) is 4.50. The Balaban J connectivity index is 1.37. The molecule has 138 valence electrons. The maximum absolute atomic E-state index is 6.01. The molecule has 0 saturated carbocycles. The van der Waals surface area contributed by atoms with Crippen molar-refractivity contribution in [2.45, 2.75) is 19.3 Å². The third kappa shape index (κ3) is 3.14. The number of aryl methyl sites for hydroxylation is 2. The van der Waals surface area contributed by atoms with Crippen LogP contribution in [0.25, 0.3) is 27.9 Å². The molecule has 28 heavy (non-hydrogen) atoms. The lowest BCUT2D eigenvalue weighted by atomic mass is 10.1. The number of nitrogens with one attached hydrogen (secondary N) is 1. The summed E-state index contributed by atoms with van der Waals surface area (Å²) in [5.74, 6) is 1.43. The number of benzene rings is 2. The molecule has 0 aliphatic rings. The molecule has 5 nitrogen and oxygen atoms in total. The molecule has 5 rings (SSSR count). The normalized spacial score (nSPS) is 11.5. The van der Waals surface area contributed by atoms with Gasteiger partial charge in [0.2, 0.25) is 0 Å². The van der Waals surface area contributed by atoms with Gasteiger partial charge in [-0.2, -0.15) is 9.50 Å². The molecule has 3 aromatic heterocycles. The van der Waals surface area contributed by atoms with Gasteiger partial charge in [-0.1, -0.05) is 41.9 Å². The van der Waals surface area contributed by atoms with Gasteiger partial charge >= 0.3 is 0 Å². The molecular weight excluding hydrogens is 370 g/mol. The van der Waals surface area contributed by atoms with Crippen LogP contribution in [-0.4, -0.2) is 24.6 Å². The van der Waals surface area contributed by atoms with Gasteiger partial charge in [0.1, 0.15) is 0 Å². The van der Waals surface area contributed by atoms with Crippen molar-refractivity contribution in [3.63, 3.8) is 0 Å². The van der Waals surface area contributed by atoms with Crippen LogP contribution in [0.1, 0.15) is 17.8 Å². The fourth-order valence-electron chi connectivity index (χ4n) is 3.56. The lowest BCUT2D eigenvalue weighted by Gasteiger charge is -2.03. The molecule has 0 saturated heterocycles. The average Bonchev–Trinajstić information content (AvgIpc) is 3.32. The zero-order chi connectivity index (χ0) is 18.9. The standard InChI is InChI=1S/C22H18ClN5/c23-17-10-8-15(9-11-17)20-12-13-24-22-26-21(27-28(20)22)7-3-4-16-14-25-19-6-2-1-5-18(16)19/h1-2,5-6,8-14,25H,3-4,7H2. The predicted octanol–water partition coefficient (Wildman–Crippen LogP) is 5.10. The van der Waals surface area contributed by atoms with Gasteiger partial charge in [-0.25, -0.2) is 4.98 Å². The van der Waals surface area contributed by atoms with E-state index in [4.69, 9.17) is 16.7 Å². The van der Waals surface area contributed by atoms with Gasteiger partial charge in [-0.3, -0.25) is 0 Å². The third-order valence-corrected chi connectivity index (χ3v) is 5.20. The van der Waals surface area contributed by atoms with Crippen LogP contribution in [0.2, 0.25) is 5.02 Å². The molecular formula is C22H18ClN5. The molecule has 0 bridgehead atoms. The van der Waals surface area contributed by atoms with E-state index in [1.807, 2.05) is 34.8 Å². The summed E-state index contributed by atoms with van der Waals surface area (Å²) in [7, 11) is 0. The number of hydrogen-bond donors (Lipinski definition) is 1. The van der Waals surface area contributed by atoms with E-state index in [0.29, 0.717) is 10.8 Å². The number of aromatic nitrogens is 5. The Kier molecular flexibility index (Phi) is 4.29. The Morgan fingerprint density at radius 3 is 2.71 bits per heavy atom. The van der Waals surface area contributed by atoms with E-state index in [-0.39, 0.29) is 0 Å². The van der Waals surface area contributed by atoms with Gasteiger partial charge in [0.15, 0.2) is 5.82 Å². The van der Waals surface area contributed by atoms with E-state index < -0.39 is 0 Å². The van der Waals surface area contributed by atoms with Gasteiger partial charge < -0.3 is 4.98 Å². The number of fused-ring (bicyclic) bond motifs is 2. The van der Waals surface area contributed by atoms with Crippen LogP contribution < -0.4 is 0 Å². The minimum Gasteiger partial charge on any atom is -0.361 e. The van der Waals surface area contributed by atoms with Crippen LogP contribution in [0.4, 0.5) is 0 Å². The van der Waals surface area contributed by atoms with Crippen molar-refractivity contribution in [2.24, 2.45) is 0 Å². The van der Waals surface area contributed by atoms with Crippen LogP contribution in [-0.2, 0) is 12.8 Å². The quantitative estimate of drug-likeness (QED) is 0.456. The second kappa shape index (κ2) is 7.09. The first-order valence-electron chi connectivity index (χ1n) is 9.29. The Hall–Kier alpha value is -3.18. The minimum atomic E-state index is 0.620. The van der Waals surface area contributed by atoms with Crippen LogP contribution in [0, 0.1) is 0 Å². The van der Waals surface area contributed by atoms with E-state index in [1.165, 1.54) is 16.5 Å². The van der Waals surface area contributed by atoms with Gasteiger partial charge in [0.25, 0.3) is 5.78 Å². The summed E-state index contributed by atoms with van der Waals surface area (Å²) in [6, 6.07) is 18.1. The van der Waals surface area contributed by atoms with Gasteiger partial charge in [-0.15, -0.1) is 5.10 Å². The number of hydrogen-bond acceptors (Lipinski definition) is 3. The van der Waals surface area contributed by atoms with E-state index in [1.54, 1.807) is 6.20 Å². The topological polar surface area (TPSA) is 58.9 Å². The molecule has 1 N–H and O–H groups in total. The lowest BCUT2D eigenvalue weighted by Crippen LogP contribution is -1.96. The highest BCUT2D eigenvalue weighted by Crippen LogP contribution is 2.22. The fraction of sp³-hybridized carbons (Fsp3) is 0.136. The largest absolute Gasteiger partial charge is 0.361 e. The number of aromatic amines is 1. The highest BCUT2D eigenvalue weighted by Gasteiger charge is 2.10. The summed E-state index contributed by atoms with van der Waals surface area (Å²) < 4.78 is 1.81. The van der Waals surface area contributed by atoms with Crippen molar-refractivity contribution >= 4 is 28.3 Å². The summed E-state index contributed by atoms with van der Waals surface area (Å²) in [6.45, 7) is 0. The van der Waals surface area contributed by atoms with Crippen molar-refractivity contribution in [3.05, 3.63) is 83.4 Å². The molecule has 6 heteroatoms. The Morgan fingerprint density at radius 1 is 0.964 bits per heavy atom. The first kappa shape index (κ1) is 17.0. The van der Waals surface area contributed by atoms with Crippen LogP contribution in [0.3, 0.4) is 0 Å². The van der Waals surface area contributed by atoms with E-state index >= 15 is 0 Å². The first-order chi connectivity index (χ1) is 13.8. The molecule has 0 atom stereocenters. The van der Waals surface area contributed by atoms with Gasteiger partial charge in [0, 0.05) is 40.3 Å². The molecule has 0 spiro atoms. The van der Waals surface area contributed by atoms with Gasteiger partial charge in [-0.05, 0) is 42.7 Å². The van der Waals surface area contributed by atoms with Crippen LogP contribution in [0.5, 0.6) is 0 Å². The number of halogens is 1. The Morgan fingerprint density at radius 2 is 1.82 bits per heavy atom. The molecule has 3 heterocycles. The first-order valence-corrected chi connectivity index (χ1v) is 9.67. The monoisotopic (exact) mass is 387 g/mol. The average molecular weight is 388 g/mol. The van der Waals surface area contributed by atoms with Crippen LogP contribution in [0.15, 0.2) is 67.0 Å². The van der Waals surface area contributed by atoms with Gasteiger partial charge in [0.05, 0.1) is 5.69 Å². The van der Waals surface area contributed by atoms with Crippen molar-refractivity contribution in [3.8, 4) is 11.3 Å². The summed E-state index contributed by atoms with van der Waals surface area (Å²) in [6.07, 6.45) is 6.64. The number of H-pyrrole nitrogens is 1. The van der Waals surface area contributed by atoms with Crippen molar-refractivity contribution < 1.29 is 0 Å². The minimum absolute atomic E-state index is 0.620. The van der Waals surface area contributed by atoms with Crippen LogP contribution >= 0.6 is 11.6 Å². The van der Waals surface area contributed by atoms with E-state index in [0.717, 1.165) is 36.3 Å². The number of para-hydroxylation sites is 1. The predicted molar refractivity (Wildman–Crippen MR) is 112 cm³/mol. The second-order valence-electron chi connectivity index (χ2n) is 6.79. The summed E-state index contributed by atoms with van der Waals surface area (Å²) in [4.78, 5) is 12.3. The van der Waals surface area contributed by atoms with Crippen molar-refractivity contribution in [1.82, 2.24) is 24.6 Å². The molecule has 0 aliphatic carbocycles. The fourth-order valence-corrected chi connectivity index (χ4v) is 3.68. The zero-order valence-electron chi connectivity index (χ0n) is 15.1.